The monoisotopic (exact) mass is 247 g/mol. The van der Waals surface area contributed by atoms with E-state index in [1.54, 1.807) is 0 Å². The highest BCUT2D eigenvalue weighted by molar-refractivity contribution is 6.08. The molecule has 0 N–H and O–H groups in total. The maximum Gasteiger partial charge on any atom is 0.0655 e. The molecule has 0 spiro atoms. The van der Waals surface area contributed by atoms with Crippen LogP contribution in [0.1, 0.15) is 54.4 Å². The Morgan fingerprint density at radius 2 is 1.67 bits per heavy atom. The van der Waals surface area contributed by atoms with Gasteiger partial charge in [0.2, 0.25) is 0 Å². The van der Waals surface area contributed by atoms with Gasteiger partial charge >= 0.3 is 0 Å². The first-order chi connectivity index (χ1) is 8.38. The summed E-state index contributed by atoms with van der Waals surface area (Å²) in [6.07, 6.45) is 8.45. The van der Waals surface area contributed by atoms with E-state index in [1.807, 2.05) is 20.8 Å². The second-order valence-electron chi connectivity index (χ2n) is 4.33. The van der Waals surface area contributed by atoms with Gasteiger partial charge in [-0.15, -0.1) is 0 Å². The Morgan fingerprint density at radius 3 is 1.89 bits per heavy atom. The van der Waals surface area contributed by atoms with E-state index >= 15 is 0 Å². The smallest absolute Gasteiger partial charge is 0.0655 e. The maximum absolute atomic E-state index is 4.31. The van der Waals surface area contributed by atoms with E-state index in [0.29, 0.717) is 0 Å². The van der Waals surface area contributed by atoms with Crippen LogP contribution in [0.5, 0.6) is 0 Å². The molecule has 1 nitrogen and oxygen atoms in total. The van der Waals surface area contributed by atoms with Gasteiger partial charge in [0.15, 0.2) is 0 Å². The minimum atomic E-state index is 0.818. The predicted molar refractivity (Wildman–Crippen MR) is 86.2 cm³/mol. The quantitative estimate of drug-likeness (QED) is 0.426. The number of hydrogen-bond donors (Lipinski definition) is 0. The van der Waals surface area contributed by atoms with Gasteiger partial charge < -0.3 is 0 Å². The average Bonchev–Trinajstić information content (AvgIpc) is 2.29. The molecule has 0 aromatic heterocycles. The highest BCUT2D eigenvalue weighted by atomic mass is 14.7. The van der Waals surface area contributed by atoms with Crippen LogP contribution < -0.4 is 0 Å². The summed E-state index contributed by atoms with van der Waals surface area (Å²) in [6.45, 7) is 19.9. The topological polar surface area (TPSA) is 12.4 Å². The van der Waals surface area contributed by atoms with Crippen molar-refractivity contribution < 1.29 is 0 Å². The summed E-state index contributed by atoms with van der Waals surface area (Å²) in [4.78, 5) is 4.31. The first-order valence-electron chi connectivity index (χ1n) is 6.57. The van der Waals surface area contributed by atoms with Gasteiger partial charge in [0.05, 0.1) is 5.71 Å². The minimum Gasteiger partial charge on any atom is -0.254 e. The molecule has 0 aromatic carbocycles. The fraction of sp³-hybridized carbons (Fsp3) is 0.471. The van der Waals surface area contributed by atoms with Crippen molar-refractivity contribution in [3.63, 3.8) is 0 Å². The molecule has 0 fully saturated rings. The van der Waals surface area contributed by atoms with Gasteiger partial charge in [0.25, 0.3) is 0 Å². The lowest BCUT2D eigenvalue weighted by Gasteiger charge is -2.02. The lowest BCUT2D eigenvalue weighted by Crippen LogP contribution is -1.96. The molecule has 0 heterocycles. The summed E-state index contributed by atoms with van der Waals surface area (Å²) in [7, 11) is 0. The summed E-state index contributed by atoms with van der Waals surface area (Å²) in [5, 5.41) is 0. The van der Waals surface area contributed by atoms with Gasteiger partial charge in [-0.3, -0.25) is 4.99 Å². The van der Waals surface area contributed by atoms with E-state index in [1.165, 1.54) is 5.57 Å². The number of rotatable bonds is 5. The Balaban J connectivity index is 0. The average molecular weight is 247 g/mol. The third-order valence-corrected chi connectivity index (χ3v) is 2.16. The first-order valence-corrected chi connectivity index (χ1v) is 6.57. The Hall–Kier alpha value is -1.37. The van der Waals surface area contributed by atoms with Crippen molar-refractivity contribution >= 4 is 5.71 Å². The van der Waals surface area contributed by atoms with Gasteiger partial charge in [0.1, 0.15) is 0 Å². The molecule has 0 rings (SSSR count). The van der Waals surface area contributed by atoms with Crippen molar-refractivity contribution in [1.82, 2.24) is 0 Å². The highest BCUT2D eigenvalue weighted by Gasteiger charge is 1.96. The van der Waals surface area contributed by atoms with Crippen molar-refractivity contribution in [3.05, 3.63) is 48.2 Å². The van der Waals surface area contributed by atoms with E-state index < -0.39 is 0 Å². The van der Waals surface area contributed by atoms with Crippen LogP contribution in [0.3, 0.4) is 0 Å². The lowest BCUT2D eigenvalue weighted by molar-refractivity contribution is 1.10. The Labute approximate surface area is 114 Å². The molecule has 0 bridgehead atoms. The number of aliphatic imine (C=N–C) groups is 1. The van der Waals surface area contributed by atoms with Crippen molar-refractivity contribution in [2.24, 2.45) is 4.99 Å². The van der Waals surface area contributed by atoms with Gasteiger partial charge in [-0.05, 0) is 52.2 Å². The van der Waals surface area contributed by atoms with Crippen LogP contribution in [0.25, 0.3) is 0 Å². The largest absolute Gasteiger partial charge is 0.254 e. The molecule has 0 radical (unpaired) electrons. The zero-order valence-corrected chi connectivity index (χ0v) is 13.0. The van der Waals surface area contributed by atoms with E-state index in [0.717, 1.165) is 29.8 Å². The Kier molecular flexibility index (Phi) is 12.8. The standard InChI is InChI=1S/C12H19N.C5H10/c1-7-11(6)8-12(9(2)3)13-10(4)5;1-3-5-4-2/h8H,2,4,7H2,1,3,5-6H3;3,5H,4H2,1-2H3/b11-8+,13-12?;. The molecule has 1 heteroatoms. The van der Waals surface area contributed by atoms with Crippen LogP contribution in [0, 0.1) is 0 Å². The fourth-order valence-corrected chi connectivity index (χ4v) is 1.03. The van der Waals surface area contributed by atoms with Crippen molar-refractivity contribution in [2.45, 2.75) is 54.4 Å². The third kappa shape index (κ3) is 12.7. The van der Waals surface area contributed by atoms with E-state index in [2.05, 4.69) is 57.1 Å². The zero-order chi connectivity index (χ0) is 14.6. The van der Waals surface area contributed by atoms with Crippen LogP contribution in [0.15, 0.2) is 53.2 Å². The van der Waals surface area contributed by atoms with E-state index in [9.17, 15) is 0 Å². The SMILES string of the molecule is C=C(C)N=C(/C=C(\C)CC)C(=C)C.CC=CCC. The summed E-state index contributed by atoms with van der Waals surface area (Å²) in [5.74, 6) is 0. The van der Waals surface area contributed by atoms with Gasteiger partial charge in [-0.1, -0.05) is 44.7 Å². The van der Waals surface area contributed by atoms with Crippen LogP contribution in [-0.2, 0) is 0 Å². The summed E-state index contributed by atoms with van der Waals surface area (Å²) in [6, 6.07) is 0. The van der Waals surface area contributed by atoms with Gasteiger partial charge in [0, 0.05) is 5.70 Å². The van der Waals surface area contributed by atoms with E-state index in [4.69, 9.17) is 0 Å². The van der Waals surface area contributed by atoms with E-state index in [-0.39, 0.29) is 0 Å². The minimum absolute atomic E-state index is 0.818. The van der Waals surface area contributed by atoms with Crippen LogP contribution in [-0.4, -0.2) is 5.71 Å². The molecule has 0 amide bonds. The first kappa shape index (κ1) is 19.0. The number of allylic oxidation sites excluding steroid dienone is 6. The van der Waals surface area contributed by atoms with Crippen LogP contribution in [0.2, 0.25) is 0 Å². The molecule has 0 aliphatic rings. The molecule has 0 aromatic rings. The third-order valence-electron chi connectivity index (χ3n) is 2.16. The van der Waals surface area contributed by atoms with Crippen molar-refractivity contribution in [2.75, 3.05) is 0 Å². The predicted octanol–water partition coefficient (Wildman–Crippen LogP) is 5.87. The molecule has 0 saturated carbocycles. The molecular weight excluding hydrogens is 218 g/mol. The van der Waals surface area contributed by atoms with Crippen molar-refractivity contribution in [3.8, 4) is 0 Å². The summed E-state index contributed by atoms with van der Waals surface area (Å²) in [5.41, 5.74) is 4.05. The molecular formula is C17H29N. The summed E-state index contributed by atoms with van der Waals surface area (Å²) >= 11 is 0. The van der Waals surface area contributed by atoms with Gasteiger partial charge in [-0.25, -0.2) is 0 Å². The Bertz CT molecular complexity index is 341. The van der Waals surface area contributed by atoms with Crippen LogP contribution in [0.4, 0.5) is 0 Å². The lowest BCUT2D eigenvalue weighted by atomic mass is 10.1. The normalized spacial score (nSPS) is 12.1. The Morgan fingerprint density at radius 1 is 1.11 bits per heavy atom. The molecule has 0 atom stereocenters. The molecule has 0 saturated heterocycles. The van der Waals surface area contributed by atoms with Gasteiger partial charge in [-0.2, -0.15) is 0 Å². The number of hydrogen-bond acceptors (Lipinski definition) is 1. The second kappa shape index (κ2) is 12.1. The molecule has 0 aliphatic heterocycles. The second-order valence-corrected chi connectivity index (χ2v) is 4.33. The molecule has 18 heavy (non-hydrogen) atoms. The number of nitrogens with zero attached hydrogens (tertiary/aromatic N) is 1. The zero-order valence-electron chi connectivity index (χ0n) is 13.0. The molecule has 102 valence electrons. The molecule has 0 unspecified atom stereocenters. The maximum atomic E-state index is 4.31. The summed E-state index contributed by atoms with van der Waals surface area (Å²) < 4.78 is 0. The highest BCUT2D eigenvalue weighted by Crippen LogP contribution is 2.06. The van der Waals surface area contributed by atoms with Crippen LogP contribution >= 0.6 is 0 Å². The molecule has 0 aliphatic carbocycles. The fourth-order valence-electron chi connectivity index (χ4n) is 1.03. The van der Waals surface area contributed by atoms with Crippen molar-refractivity contribution in [1.29, 1.82) is 0 Å².